The molecule has 1 saturated carbocycles. The predicted molar refractivity (Wildman–Crippen MR) is 135 cm³/mol. The van der Waals surface area contributed by atoms with E-state index < -0.39 is 11.7 Å². The molecule has 2 aliphatic heterocycles. The van der Waals surface area contributed by atoms with Gasteiger partial charge < -0.3 is 15.3 Å². The van der Waals surface area contributed by atoms with Crippen LogP contribution in [0, 0.1) is 11.3 Å². The van der Waals surface area contributed by atoms with E-state index in [4.69, 9.17) is 5.26 Å². The fourth-order valence-electron chi connectivity index (χ4n) is 6.06. The molecule has 4 atom stereocenters. The van der Waals surface area contributed by atoms with Crippen molar-refractivity contribution in [3.63, 3.8) is 0 Å². The van der Waals surface area contributed by atoms with Crippen LogP contribution in [0.3, 0.4) is 0 Å². The minimum atomic E-state index is -1.03. The Morgan fingerprint density at radius 1 is 1.19 bits per heavy atom. The smallest absolute Gasteiger partial charge is 0.245 e. The molecule has 186 valence electrons. The lowest BCUT2D eigenvalue weighted by molar-refractivity contribution is 0.0000874. The first kappa shape index (κ1) is 23.3. The van der Waals surface area contributed by atoms with E-state index in [1.165, 1.54) is 11.3 Å². The lowest BCUT2D eigenvalue weighted by atomic mass is 9.68. The van der Waals surface area contributed by atoms with Crippen molar-refractivity contribution in [1.29, 1.82) is 5.26 Å². The minimum Gasteiger partial charge on any atom is -0.507 e. The fourth-order valence-corrected chi connectivity index (χ4v) is 6.77. The molecule has 1 aromatic carbocycles. The first-order chi connectivity index (χ1) is 17.3. The topological polar surface area (TPSA) is 111 Å². The highest BCUT2D eigenvalue weighted by molar-refractivity contribution is 7.15. The summed E-state index contributed by atoms with van der Waals surface area (Å²) in [6.07, 6.45) is 7.81. The zero-order chi connectivity index (χ0) is 25.1. The molecule has 0 amide bonds. The van der Waals surface area contributed by atoms with Gasteiger partial charge in [-0.3, -0.25) is 0 Å². The third-order valence-corrected chi connectivity index (χ3v) is 8.81. The van der Waals surface area contributed by atoms with Crippen LogP contribution in [0.25, 0.3) is 21.7 Å². The maximum Gasteiger partial charge on any atom is 0.245 e. The van der Waals surface area contributed by atoms with E-state index in [0.717, 1.165) is 42.5 Å². The molecule has 3 fully saturated rings. The van der Waals surface area contributed by atoms with E-state index in [2.05, 4.69) is 37.3 Å². The number of nitriles is 1. The van der Waals surface area contributed by atoms with Gasteiger partial charge in [0.25, 0.3) is 0 Å². The van der Waals surface area contributed by atoms with E-state index in [9.17, 15) is 5.11 Å². The summed E-state index contributed by atoms with van der Waals surface area (Å²) in [6, 6.07) is 7.19. The average molecular weight is 506 g/mol. The molecule has 4 heterocycles. The molecular formula is C26H28FN7OS. The van der Waals surface area contributed by atoms with Gasteiger partial charge in [0.05, 0.1) is 17.1 Å². The molecule has 10 heteroatoms. The number of benzene rings is 1. The number of piperidine rings is 2. The molecule has 2 saturated heterocycles. The Bertz CT molecular complexity index is 1340. The molecule has 1 aliphatic carbocycles. The number of nitrogens with zero attached hydrogens (tertiary/aromatic N) is 6. The van der Waals surface area contributed by atoms with Crippen LogP contribution in [0.2, 0.25) is 0 Å². The number of aromatic nitrogens is 4. The van der Waals surface area contributed by atoms with Crippen molar-refractivity contribution in [3.8, 4) is 33.5 Å². The lowest BCUT2D eigenvalue weighted by Gasteiger charge is -2.57. The van der Waals surface area contributed by atoms with Crippen LogP contribution >= 0.6 is 11.3 Å². The molecule has 0 unspecified atom stereocenters. The summed E-state index contributed by atoms with van der Waals surface area (Å²) in [5.74, 6) is 0.490. The molecule has 0 spiro atoms. The van der Waals surface area contributed by atoms with Crippen molar-refractivity contribution < 1.29 is 9.50 Å². The number of nitrogens with one attached hydrogen (secondary N) is 1. The largest absolute Gasteiger partial charge is 0.507 e. The highest BCUT2D eigenvalue weighted by Crippen LogP contribution is 2.46. The van der Waals surface area contributed by atoms with Crippen LogP contribution in [0.15, 0.2) is 30.6 Å². The normalized spacial score (nSPS) is 29.5. The molecular weight excluding hydrogens is 477 g/mol. The maximum absolute atomic E-state index is 16.0. The van der Waals surface area contributed by atoms with E-state index >= 15 is 4.39 Å². The second kappa shape index (κ2) is 8.46. The Labute approximate surface area is 213 Å². The van der Waals surface area contributed by atoms with Gasteiger partial charge in [-0.15, -0.1) is 21.5 Å². The number of hydrogen-bond donors (Lipinski definition) is 2. The van der Waals surface area contributed by atoms with Gasteiger partial charge >= 0.3 is 0 Å². The summed E-state index contributed by atoms with van der Waals surface area (Å²) in [7, 11) is 0. The van der Waals surface area contributed by atoms with Crippen molar-refractivity contribution in [2.75, 3.05) is 4.90 Å². The first-order valence-corrected chi connectivity index (χ1v) is 13.2. The van der Waals surface area contributed by atoms with Crippen LogP contribution in [0.4, 0.5) is 10.3 Å². The summed E-state index contributed by atoms with van der Waals surface area (Å²) in [6.45, 7) is 4.21. The van der Waals surface area contributed by atoms with Crippen LogP contribution in [-0.2, 0) is 0 Å². The zero-order valence-corrected chi connectivity index (χ0v) is 21.1. The van der Waals surface area contributed by atoms with Crippen LogP contribution in [0.5, 0.6) is 5.75 Å². The zero-order valence-electron chi connectivity index (χ0n) is 20.3. The number of fused-ring (bicyclic) bond motifs is 2. The van der Waals surface area contributed by atoms with E-state index in [-0.39, 0.29) is 23.4 Å². The van der Waals surface area contributed by atoms with Crippen molar-refractivity contribution in [3.05, 3.63) is 35.6 Å². The Morgan fingerprint density at radius 3 is 2.69 bits per heavy atom. The van der Waals surface area contributed by atoms with Crippen LogP contribution in [-0.4, -0.2) is 54.6 Å². The number of rotatable bonds is 5. The molecule has 8 nitrogen and oxygen atoms in total. The predicted octanol–water partition coefficient (Wildman–Crippen LogP) is 4.61. The third kappa shape index (κ3) is 4.00. The number of halogens is 1. The van der Waals surface area contributed by atoms with Gasteiger partial charge in [-0.1, -0.05) is 6.07 Å². The van der Waals surface area contributed by atoms with Gasteiger partial charge in [0.2, 0.25) is 5.95 Å². The SMILES string of the molecule is C[C@]12CCC[C@](C)(N1)[C@H](F)[C@H](N(c1ncc(-c3ccc(-c4cnc(C#N)s4)cc3O)nn1)C1CC1)C2. The molecule has 2 N–H and O–H groups in total. The highest BCUT2D eigenvalue weighted by atomic mass is 32.1. The van der Waals surface area contributed by atoms with Gasteiger partial charge in [0, 0.05) is 28.9 Å². The lowest BCUT2D eigenvalue weighted by Crippen LogP contribution is -2.73. The number of thiazole rings is 1. The number of phenols is 1. The quantitative estimate of drug-likeness (QED) is 0.517. The summed E-state index contributed by atoms with van der Waals surface area (Å²) in [5, 5.41) is 32.5. The Kier molecular flexibility index (Phi) is 5.46. The molecule has 3 aromatic rings. The number of hydrogen-bond acceptors (Lipinski definition) is 9. The Balaban J connectivity index is 1.28. The van der Waals surface area contributed by atoms with Crippen molar-refractivity contribution in [2.45, 2.75) is 81.7 Å². The van der Waals surface area contributed by atoms with Gasteiger partial charge in [-0.25, -0.2) is 14.4 Å². The van der Waals surface area contributed by atoms with Crippen LogP contribution < -0.4 is 10.2 Å². The van der Waals surface area contributed by atoms with E-state index in [1.807, 2.05) is 19.1 Å². The Morgan fingerprint density at radius 2 is 2.03 bits per heavy atom. The molecule has 6 rings (SSSR count). The first-order valence-electron chi connectivity index (χ1n) is 12.4. The van der Waals surface area contributed by atoms with Crippen molar-refractivity contribution in [1.82, 2.24) is 25.5 Å². The fraction of sp³-hybridized carbons (Fsp3) is 0.500. The number of anilines is 1. The molecule has 2 aromatic heterocycles. The monoisotopic (exact) mass is 505 g/mol. The molecule has 3 aliphatic rings. The number of aromatic hydroxyl groups is 1. The summed E-state index contributed by atoms with van der Waals surface area (Å²) >= 11 is 1.26. The minimum absolute atomic E-state index is 0.0400. The Hall–Kier alpha value is -3.16. The van der Waals surface area contributed by atoms with Gasteiger partial charge in [-0.2, -0.15) is 5.26 Å². The third-order valence-electron chi connectivity index (χ3n) is 7.86. The molecule has 0 radical (unpaired) electrons. The summed E-state index contributed by atoms with van der Waals surface area (Å²) < 4.78 is 16.0. The second-order valence-corrected chi connectivity index (χ2v) is 11.8. The van der Waals surface area contributed by atoms with Gasteiger partial charge in [0.15, 0.2) is 5.01 Å². The highest BCUT2D eigenvalue weighted by Gasteiger charge is 2.56. The summed E-state index contributed by atoms with van der Waals surface area (Å²) in [4.78, 5) is 11.5. The van der Waals surface area contributed by atoms with Crippen LogP contribution in [0.1, 0.15) is 57.4 Å². The van der Waals surface area contributed by atoms with E-state index in [0.29, 0.717) is 28.6 Å². The maximum atomic E-state index is 16.0. The van der Waals surface area contributed by atoms with Crippen molar-refractivity contribution >= 4 is 17.3 Å². The average Bonchev–Trinajstić information content (AvgIpc) is 3.57. The van der Waals surface area contributed by atoms with Crippen molar-refractivity contribution in [2.24, 2.45) is 0 Å². The number of alkyl halides is 1. The summed E-state index contributed by atoms with van der Waals surface area (Å²) in [5.41, 5.74) is 1.07. The number of phenolic OH excluding ortho intramolecular Hbond substituents is 1. The van der Waals surface area contributed by atoms with Gasteiger partial charge in [-0.05, 0) is 70.1 Å². The second-order valence-electron chi connectivity index (χ2n) is 10.8. The van der Waals surface area contributed by atoms with Gasteiger partial charge in [0.1, 0.15) is 23.7 Å². The molecule has 2 bridgehead atoms. The molecule has 36 heavy (non-hydrogen) atoms. The van der Waals surface area contributed by atoms with E-state index in [1.54, 1.807) is 24.5 Å². The standard InChI is InChI=1S/C26H28FN7OS/c1-25-8-3-9-26(2,33-25)23(27)19(11-25)34(16-5-6-16)24-30-13-18(31-32-24)17-7-4-15(10-20(17)35)21-14-29-22(12-28)36-21/h4,7,10,13-14,16,19,23,33,35H,3,5-6,8-9,11H2,1-2H3/t19-,23-,25-,26+/m1/s1.